The zero-order valence-corrected chi connectivity index (χ0v) is 11.4. The SMILES string of the molecule is CC(C)Sc1ccc(CCNCCC#N)cc1. The second-order valence-electron chi connectivity index (χ2n) is 4.22. The first-order valence-corrected chi connectivity index (χ1v) is 6.93. The van der Waals surface area contributed by atoms with Crippen molar-refractivity contribution in [2.75, 3.05) is 13.1 Å². The van der Waals surface area contributed by atoms with Gasteiger partial charge in [-0.1, -0.05) is 26.0 Å². The summed E-state index contributed by atoms with van der Waals surface area (Å²) in [7, 11) is 0. The van der Waals surface area contributed by atoms with Gasteiger partial charge in [0.15, 0.2) is 0 Å². The van der Waals surface area contributed by atoms with E-state index in [0.29, 0.717) is 11.7 Å². The molecule has 0 spiro atoms. The van der Waals surface area contributed by atoms with E-state index < -0.39 is 0 Å². The molecule has 2 nitrogen and oxygen atoms in total. The van der Waals surface area contributed by atoms with Crippen molar-refractivity contribution in [2.45, 2.75) is 36.8 Å². The van der Waals surface area contributed by atoms with Gasteiger partial charge in [-0.2, -0.15) is 5.26 Å². The van der Waals surface area contributed by atoms with Gasteiger partial charge in [0.1, 0.15) is 0 Å². The third-order valence-electron chi connectivity index (χ3n) is 2.30. The molecule has 0 aromatic heterocycles. The molecule has 1 aromatic rings. The van der Waals surface area contributed by atoms with Gasteiger partial charge < -0.3 is 5.32 Å². The Morgan fingerprint density at radius 3 is 2.53 bits per heavy atom. The first-order valence-electron chi connectivity index (χ1n) is 6.05. The number of hydrogen-bond donors (Lipinski definition) is 1. The molecule has 0 aliphatic heterocycles. The van der Waals surface area contributed by atoms with Crippen molar-refractivity contribution in [3.8, 4) is 6.07 Å². The highest BCUT2D eigenvalue weighted by Gasteiger charge is 1.98. The van der Waals surface area contributed by atoms with Crippen molar-refractivity contribution >= 4 is 11.8 Å². The number of nitriles is 1. The second-order valence-corrected chi connectivity index (χ2v) is 5.87. The average Bonchev–Trinajstić information content (AvgIpc) is 2.30. The monoisotopic (exact) mass is 248 g/mol. The van der Waals surface area contributed by atoms with Crippen LogP contribution in [0.5, 0.6) is 0 Å². The third-order valence-corrected chi connectivity index (χ3v) is 3.31. The van der Waals surface area contributed by atoms with Crippen molar-refractivity contribution in [3.63, 3.8) is 0 Å². The predicted octanol–water partition coefficient (Wildman–Crippen LogP) is 3.23. The van der Waals surface area contributed by atoms with Crippen LogP contribution in [0.15, 0.2) is 29.2 Å². The summed E-state index contributed by atoms with van der Waals surface area (Å²) in [5.74, 6) is 0. The van der Waals surface area contributed by atoms with E-state index in [-0.39, 0.29) is 0 Å². The van der Waals surface area contributed by atoms with Gasteiger partial charge in [-0.3, -0.25) is 0 Å². The zero-order valence-electron chi connectivity index (χ0n) is 10.6. The summed E-state index contributed by atoms with van der Waals surface area (Å²) in [6.07, 6.45) is 1.61. The lowest BCUT2D eigenvalue weighted by Gasteiger charge is -2.06. The first-order chi connectivity index (χ1) is 8.22. The second kappa shape index (κ2) is 8.16. The number of benzene rings is 1. The van der Waals surface area contributed by atoms with Crippen molar-refractivity contribution in [2.24, 2.45) is 0 Å². The van der Waals surface area contributed by atoms with E-state index in [0.717, 1.165) is 19.5 Å². The Morgan fingerprint density at radius 1 is 1.24 bits per heavy atom. The molecule has 0 aliphatic rings. The number of nitrogens with one attached hydrogen (secondary N) is 1. The van der Waals surface area contributed by atoms with E-state index in [1.54, 1.807) is 0 Å². The van der Waals surface area contributed by atoms with Crippen LogP contribution >= 0.6 is 11.8 Å². The van der Waals surface area contributed by atoms with Crippen LogP contribution in [0.4, 0.5) is 0 Å². The Kier molecular flexibility index (Phi) is 6.76. The van der Waals surface area contributed by atoms with Crippen molar-refractivity contribution < 1.29 is 0 Å². The quantitative estimate of drug-likeness (QED) is 0.594. The summed E-state index contributed by atoms with van der Waals surface area (Å²) in [6, 6.07) is 10.9. The molecule has 3 heteroatoms. The van der Waals surface area contributed by atoms with Gasteiger partial charge in [-0.15, -0.1) is 11.8 Å². The van der Waals surface area contributed by atoms with E-state index in [1.807, 2.05) is 11.8 Å². The van der Waals surface area contributed by atoms with Gasteiger partial charge in [-0.05, 0) is 30.7 Å². The Labute approximate surface area is 108 Å². The summed E-state index contributed by atoms with van der Waals surface area (Å²) < 4.78 is 0. The summed E-state index contributed by atoms with van der Waals surface area (Å²) >= 11 is 1.89. The number of nitrogens with zero attached hydrogens (tertiary/aromatic N) is 1. The first kappa shape index (κ1) is 14.1. The summed E-state index contributed by atoms with van der Waals surface area (Å²) in [6.45, 7) is 6.14. The lowest BCUT2D eigenvalue weighted by molar-refractivity contribution is 0.692. The Bertz CT molecular complexity index is 351. The molecule has 17 heavy (non-hydrogen) atoms. The molecule has 0 fully saturated rings. The maximum atomic E-state index is 8.39. The van der Waals surface area contributed by atoms with Crippen molar-refractivity contribution in [1.82, 2.24) is 5.32 Å². The molecule has 1 N–H and O–H groups in total. The van der Waals surface area contributed by atoms with E-state index in [4.69, 9.17) is 5.26 Å². The highest BCUT2D eigenvalue weighted by molar-refractivity contribution is 7.99. The molecule has 0 atom stereocenters. The standard InChI is InChI=1S/C14H20N2S/c1-12(2)17-14-6-4-13(5-7-14)8-11-16-10-3-9-15/h4-7,12,16H,3,8,10-11H2,1-2H3. The van der Waals surface area contributed by atoms with E-state index in [9.17, 15) is 0 Å². The highest BCUT2D eigenvalue weighted by atomic mass is 32.2. The molecule has 0 unspecified atom stereocenters. The Morgan fingerprint density at radius 2 is 1.94 bits per heavy atom. The molecule has 0 saturated carbocycles. The van der Waals surface area contributed by atoms with Crippen LogP contribution in [0.3, 0.4) is 0 Å². The van der Waals surface area contributed by atoms with E-state index in [2.05, 4.69) is 49.5 Å². The van der Waals surface area contributed by atoms with Crippen LogP contribution in [0.25, 0.3) is 0 Å². The smallest absolute Gasteiger partial charge is 0.0635 e. The minimum Gasteiger partial charge on any atom is -0.315 e. The fourth-order valence-corrected chi connectivity index (χ4v) is 2.35. The lowest BCUT2D eigenvalue weighted by Crippen LogP contribution is -2.17. The molecule has 0 bridgehead atoms. The van der Waals surface area contributed by atoms with E-state index >= 15 is 0 Å². The van der Waals surface area contributed by atoms with Crippen LogP contribution in [0, 0.1) is 11.3 Å². The molecule has 0 aliphatic carbocycles. The maximum Gasteiger partial charge on any atom is 0.0635 e. The fourth-order valence-electron chi connectivity index (χ4n) is 1.51. The lowest BCUT2D eigenvalue weighted by atomic mass is 10.1. The van der Waals surface area contributed by atoms with Crippen molar-refractivity contribution in [3.05, 3.63) is 29.8 Å². The molecule has 1 aromatic carbocycles. The zero-order chi connectivity index (χ0) is 12.5. The van der Waals surface area contributed by atoms with Crippen LogP contribution in [0.2, 0.25) is 0 Å². The number of thioether (sulfide) groups is 1. The minimum atomic E-state index is 0.587. The molecule has 0 radical (unpaired) electrons. The molecule has 0 amide bonds. The van der Waals surface area contributed by atoms with Crippen LogP contribution in [0.1, 0.15) is 25.8 Å². The average molecular weight is 248 g/mol. The summed E-state index contributed by atoms with van der Waals surface area (Å²) in [5, 5.41) is 12.3. The van der Waals surface area contributed by atoms with E-state index in [1.165, 1.54) is 10.5 Å². The molecule has 1 rings (SSSR count). The van der Waals surface area contributed by atoms with Gasteiger partial charge in [0.25, 0.3) is 0 Å². The minimum absolute atomic E-state index is 0.587. The van der Waals surface area contributed by atoms with Gasteiger partial charge in [0.05, 0.1) is 6.07 Å². The number of hydrogen-bond acceptors (Lipinski definition) is 3. The van der Waals surface area contributed by atoms with Gasteiger partial charge in [0, 0.05) is 23.1 Å². The van der Waals surface area contributed by atoms with Gasteiger partial charge in [-0.25, -0.2) is 0 Å². The molecule has 0 heterocycles. The third kappa shape index (κ3) is 6.35. The summed E-state index contributed by atoms with van der Waals surface area (Å²) in [4.78, 5) is 1.33. The Hall–Kier alpha value is -0.980. The molecule has 92 valence electrons. The molecular formula is C14H20N2S. The highest BCUT2D eigenvalue weighted by Crippen LogP contribution is 2.22. The van der Waals surface area contributed by atoms with Crippen LogP contribution in [-0.4, -0.2) is 18.3 Å². The fraction of sp³-hybridized carbons (Fsp3) is 0.500. The van der Waals surface area contributed by atoms with Gasteiger partial charge >= 0.3 is 0 Å². The van der Waals surface area contributed by atoms with Crippen LogP contribution in [-0.2, 0) is 6.42 Å². The van der Waals surface area contributed by atoms with Crippen LogP contribution < -0.4 is 5.32 Å². The van der Waals surface area contributed by atoms with Gasteiger partial charge in [0.2, 0.25) is 0 Å². The Balaban J connectivity index is 2.28. The predicted molar refractivity (Wildman–Crippen MR) is 74.2 cm³/mol. The number of rotatable bonds is 7. The maximum absolute atomic E-state index is 8.39. The molecular weight excluding hydrogens is 228 g/mol. The largest absolute Gasteiger partial charge is 0.315 e. The topological polar surface area (TPSA) is 35.8 Å². The van der Waals surface area contributed by atoms with Crippen molar-refractivity contribution in [1.29, 1.82) is 5.26 Å². The molecule has 0 saturated heterocycles. The summed E-state index contributed by atoms with van der Waals surface area (Å²) in [5.41, 5.74) is 1.35. The normalized spacial score (nSPS) is 10.5.